The maximum Gasteiger partial charge on any atom is 0.234 e. The molecule has 1 aromatic carbocycles. The van der Waals surface area contributed by atoms with Crippen molar-refractivity contribution in [2.24, 2.45) is 0 Å². The van der Waals surface area contributed by atoms with E-state index in [1.165, 1.54) is 26.0 Å². The lowest BCUT2D eigenvalue weighted by atomic mass is 10.2. The number of carbonyl (C=O) groups excluding carboxylic acids is 1. The van der Waals surface area contributed by atoms with Gasteiger partial charge in [0.25, 0.3) is 0 Å². The standard InChI is InChI=1S/C19H19ClN4O4S/c1-4-7-24-18(14-6-5-8-28-14)22-23-19(24)29-11-17(25)21-13-10-15(26-2)12(20)9-16(13)27-3/h4-6,8-10H,1,7,11H2,2-3H3,(H,21,25). The van der Waals surface area contributed by atoms with Crippen LogP contribution in [0.1, 0.15) is 0 Å². The minimum absolute atomic E-state index is 0.113. The third-order valence-electron chi connectivity index (χ3n) is 3.85. The number of methoxy groups -OCH3 is 2. The van der Waals surface area contributed by atoms with Crippen molar-refractivity contribution >= 4 is 35.0 Å². The van der Waals surface area contributed by atoms with Crippen LogP contribution < -0.4 is 14.8 Å². The number of carbonyl (C=O) groups is 1. The molecule has 3 aromatic rings. The number of anilines is 1. The number of nitrogens with one attached hydrogen (secondary N) is 1. The number of aromatic nitrogens is 3. The molecule has 0 radical (unpaired) electrons. The van der Waals surface area contributed by atoms with Gasteiger partial charge in [-0.05, 0) is 12.1 Å². The third kappa shape index (κ3) is 4.75. The fourth-order valence-electron chi connectivity index (χ4n) is 2.55. The molecule has 0 aliphatic heterocycles. The summed E-state index contributed by atoms with van der Waals surface area (Å²) in [5.74, 6) is 1.90. The van der Waals surface area contributed by atoms with Gasteiger partial charge < -0.3 is 19.2 Å². The smallest absolute Gasteiger partial charge is 0.234 e. The van der Waals surface area contributed by atoms with Crippen molar-refractivity contribution in [2.75, 3.05) is 25.3 Å². The first-order valence-electron chi connectivity index (χ1n) is 8.49. The Hall–Kier alpha value is -2.91. The molecule has 0 atom stereocenters. The molecule has 0 saturated carbocycles. The average Bonchev–Trinajstić information content (AvgIpc) is 3.37. The predicted molar refractivity (Wildman–Crippen MR) is 112 cm³/mol. The normalized spacial score (nSPS) is 10.6. The Morgan fingerprint density at radius 3 is 2.79 bits per heavy atom. The van der Waals surface area contributed by atoms with Crippen LogP contribution in [0.3, 0.4) is 0 Å². The molecule has 1 N–H and O–H groups in total. The molecular weight excluding hydrogens is 416 g/mol. The van der Waals surface area contributed by atoms with Crippen LogP contribution >= 0.6 is 23.4 Å². The number of halogens is 1. The van der Waals surface area contributed by atoms with E-state index in [2.05, 4.69) is 22.1 Å². The molecule has 3 rings (SSSR count). The number of nitrogens with zero attached hydrogens (tertiary/aromatic N) is 3. The van der Waals surface area contributed by atoms with Crippen LogP contribution in [-0.4, -0.2) is 40.6 Å². The molecule has 8 nitrogen and oxygen atoms in total. The number of ether oxygens (including phenoxy) is 2. The van der Waals surface area contributed by atoms with Gasteiger partial charge in [0.15, 0.2) is 10.9 Å². The first kappa shape index (κ1) is 20.8. The van der Waals surface area contributed by atoms with Crippen LogP contribution in [0.5, 0.6) is 11.5 Å². The van der Waals surface area contributed by atoms with Crippen molar-refractivity contribution in [3.63, 3.8) is 0 Å². The Balaban J connectivity index is 1.72. The molecule has 0 fully saturated rings. The highest BCUT2D eigenvalue weighted by Gasteiger charge is 2.18. The number of hydrogen-bond acceptors (Lipinski definition) is 7. The minimum atomic E-state index is -0.245. The summed E-state index contributed by atoms with van der Waals surface area (Å²) >= 11 is 7.34. The third-order valence-corrected chi connectivity index (χ3v) is 5.11. The summed E-state index contributed by atoms with van der Waals surface area (Å²) in [7, 11) is 2.99. The van der Waals surface area contributed by atoms with Gasteiger partial charge in [0.2, 0.25) is 11.7 Å². The Kier molecular flexibility index (Phi) is 6.84. The highest BCUT2D eigenvalue weighted by molar-refractivity contribution is 7.99. The van der Waals surface area contributed by atoms with Gasteiger partial charge in [-0.2, -0.15) is 0 Å². The molecule has 0 bridgehead atoms. The highest BCUT2D eigenvalue weighted by Crippen LogP contribution is 2.36. The Bertz CT molecular complexity index is 1000. The van der Waals surface area contributed by atoms with Gasteiger partial charge in [-0.15, -0.1) is 16.8 Å². The van der Waals surface area contributed by atoms with Gasteiger partial charge in [0, 0.05) is 18.7 Å². The van der Waals surface area contributed by atoms with Crippen LogP contribution in [-0.2, 0) is 11.3 Å². The quantitative estimate of drug-likeness (QED) is 0.400. The lowest BCUT2D eigenvalue weighted by Gasteiger charge is -2.13. The Labute approximate surface area is 176 Å². The van der Waals surface area contributed by atoms with Gasteiger partial charge in [-0.1, -0.05) is 29.4 Å². The van der Waals surface area contributed by atoms with E-state index >= 15 is 0 Å². The number of furan rings is 1. The number of amides is 1. The molecule has 0 aliphatic carbocycles. The molecule has 152 valence electrons. The second-order valence-corrected chi connectivity index (χ2v) is 7.06. The minimum Gasteiger partial charge on any atom is -0.495 e. The van der Waals surface area contributed by atoms with E-state index in [0.29, 0.717) is 45.5 Å². The van der Waals surface area contributed by atoms with Crippen molar-refractivity contribution in [2.45, 2.75) is 11.7 Å². The van der Waals surface area contributed by atoms with Crippen molar-refractivity contribution in [3.05, 3.63) is 48.2 Å². The van der Waals surface area contributed by atoms with E-state index in [9.17, 15) is 4.79 Å². The van der Waals surface area contributed by atoms with Crippen LogP contribution in [0, 0.1) is 0 Å². The lowest BCUT2D eigenvalue weighted by Crippen LogP contribution is -2.15. The predicted octanol–water partition coefficient (Wildman–Crippen LogP) is 4.13. The number of allylic oxidation sites excluding steroid dienone is 1. The SMILES string of the molecule is C=CCn1c(SCC(=O)Nc2cc(OC)c(Cl)cc2OC)nnc1-c1ccco1. The van der Waals surface area contributed by atoms with Gasteiger partial charge in [0.1, 0.15) is 11.5 Å². The molecule has 2 heterocycles. The summed E-state index contributed by atoms with van der Waals surface area (Å²) in [5, 5.41) is 12.1. The molecule has 29 heavy (non-hydrogen) atoms. The zero-order chi connectivity index (χ0) is 20.8. The van der Waals surface area contributed by atoms with Gasteiger partial charge in [-0.3, -0.25) is 9.36 Å². The highest BCUT2D eigenvalue weighted by atomic mass is 35.5. The zero-order valence-corrected chi connectivity index (χ0v) is 17.4. The van der Waals surface area contributed by atoms with Crippen molar-refractivity contribution in [3.8, 4) is 23.1 Å². The van der Waals surface area contributed by atoms with Gasteiger partial charge in [0.05, 0.1) is 36.9 Å². The van der Waals surface area contributed by atoms with Crippen molar-refractivity contribution in [1.82, 2.24) is 14.8 Å². The Morgan fingerprint density at radius 1 is 1.34 bits per heavy atom. The Morgan fingerprint density at radius 2 is 2.14 bits per heavy atom. The summed E-state index contributed by atoms with van der Waals surface area (Å²) in [6, 6.07) is 6.76. The van der Waals surface area contributed by atoms with Crippen molar-refractivity contribution < 1.29 is 18.7 Å². The van der Waals surface area contributed by atoms with Gasteiger partial charge >= 0.3 is 0 Å². The number of hydrogen-bond donors (Lipinski definition) is 1. The summed E-state index contributed by atoms with van der Waals surface area (Å²) in [6.07, 6.45) is 3.29. The summed E-state index contributed by atoms with van der Waals surface area (Å²) in [6.45, 7) is 4.24. The van der Waals surface area contributed by atoms with Crippen molar-refractivity contribution in [1.29, 1.82) is 0 Å². The monoisotopic (exact) mass is 434 g/mol. The number of benzene rings is 1. The van der Waals surface area contributed by atoms with E-state index in [1.54, 1.807) is 36.6 Å². The van der Waals surface area contributed by atoms with E-state index < -0.39 is 0 Å². The van der Waals surface area contributed by atoms with Crippen LogP contribution in [0.4, 0.5) is 5.69 Å². The molecule has 0 saturated heterocycles. The van der Waals surface area contributed by atoms with Crippen LogP contribution in [0.2, 0.25) is 5.02 Å². The van der Waals surface area contributed by atoms with Gasteiger partial charge in [-0.25, -0.2) is 0 Å². The maximum atomic E-state index is 12.5. The molecule has 0 unspecified atom stereocenters. The topological polar surface area (TPSA) is 91.4 Å². The van der Waals surface area contributed by atoms with E-state index in [0.717, 1.165) is 0 Å². The average molecular weight is 435 g/mol. The second-order valence-electron chi connectivity index (χ2n) is 5.71. The summed E-state index contributed by atoms with van der Waals surface area (Å²) < 4.78 is 17.7. The van der Waals surface area contributed by atoms with E-state index in [1.807, 2.05) is 4.57 Å². The molecule has 0 aliphatic rings. The first-order valence-corrected chi connectivity index (χ1v) is 9.85. The molecular formula is C19H19ClN4O4S. The summed E-state index contributed by atoms with van der Waals surface area (Å²) in [5.41, 5.74) is 0.461. The fourth-order valence-corrected chi connectivity index (χ4v) is 3.53. The number of rotatable bonds is 9. The summed E-state index contributed by atoms with van der Waals surface area (Å²) in [4.78, 5) is 12.5. The maximum absolute atomic E-state index is 12.5. The largest absolute Gasteiger partial charge is 0.495 e. The molecule has 10 heteroatoms. The molecule has 0 spiro atoms. The molecule has 1 amide bonds. The zero-order valence-electron chi connectivity index (χ0n) is 15.8. The van der Waals surface area contributed by atoms with Crippen LogP contribution in [0.25, 0.3) is 11.6 Å². The number of thioether (sulfide) groups is 1. The van der Waals surface area contributed by atoms with E-state index in [4.69, 9.17) is 25.5 Å². The van der Waals surface area contributed by atoms with E-state index in [-0.39, 0.29) is 11.7 Å². The lowest BCUT2D eigenvalue weighted by molar-refractivity contribution is -0.113. The second kappa shape index (κ2) is 9.53. The molecule has 2 aromatic heterocycles. The van der Waals surface area contributed by atoms with Crippen LogP contribution in [0.15, 0.2) is 52.8 Å². The fraction of sp³-hybridized carbons (Fsp3) is 0.211. The first-order chi connectivity index (χ1) is 14.1.